The number of esters is 1. The quantitative estimate of drug-likeness (QED) is 0.513. The fraction of sp³-hybridized carbons (Fsp3) is 0.727. The van der Waals surface area contributed by atoms with E-state index in [1.165, 1.54) is 0 Å². The molecule has 0 unspecified atom stereocenters. The van der Waals surface area contributed by atoms with Crippen LogP contribution in [0.25, 0.3) is 0 Å². The largest absolute Gasteiger partial charge is 0.460 e. The zero-order valence-corrected chi connectivity index (χ0v) is 9.12. The maximum atomic E-state index is 11.6. The first-order valence-corrected chi connectivity index (χ1v) is 5.03. The number of rotatable bonds is 1. The van der Waals surface area contributed by atoms with Crippen molar-refractivity contribution in [1.29, 1.82) is 0 Å². The van der Waals surface area contributed by atoms with Crippen molar-refractivity contribution in [3.8, 4) is 0 Å². The van der Waals surface area contributed by atoms with Gasteiger partial charge in [-0.1, -0.05) is 12.2 Å². The molecule has 80 valence electrons. The van der Waals surface area contributed by atoms with Gasteiger partial charge in [-0.05, 0) is 33.6 Å². The lowest BCUT2D eigenvalue weighted by molar-refractivity contribution is -0.160. The van der Waals surface area contributed by atoms with Crippen LogP contribution >= 0.6 is 0 Å². The van der Waals surface area contributed by atoms with Crippen LogP contribution in [0.4, 0.5) is 0 Å². The molecule has 0 aromatic heterocycles. The number of carbonyl (C=O) groups is 1. The summed E-state index contributed by atoms with van der Waals surface area (Å²) in [4.78, 5) is 11.6. The monoisotopic (exact) mass is 197 g/mol. The molecule has 0 radical (unpaired) electrons. The molecule has 1 rings (SSSR count). The first-order valence-electron chi connectivity index (χ1n) is 5.03. The Morgan fingerprint density at radius 2 is 2.14 bits per heavy atom. The van der Waals surface area contributed by atoms with Crippen LogP contribution in [0.5, 0.6) is 0 Å². The molecule has 14 heavy (non-hydrogen) atoms. The van der Waals surface area contributed by atoms with Gasteiger partial charge in [0.1, 0.15) is 5.60 Å². The van der Waals surface area contributed by atoms with E-state index < -0.39 is 5.60 Å². The first kappa shape index (κ1) is 11.2. The van der Waals surface area contributed by atoms with Gasteiger partial charge in [0.15, 0.2) is 0 Å². The Morgan fingerprint density at radius 1 is 1.50 bits per heavy atom. The van der Waals surface area contributed by atoms with Crippen molar-refractivity contribution in [2.45, 2.75) is 45.3 Å². The van der Waals surface area contributed by atoms with Gasteiger partial charge in [-0.25, -0.2) is 0 Å². The van der Waals surface area contributed by atoms with Gasteiger partial charge >= 0.3 is 5.97 Å². The van der Waals surface area contributed by atoms with E-state index >= 15 is 0 Å². The van der Waals surface area contributed by atoms with Gasteiger partial charge in [-0.15, -0.1) is 0 Å². The van der Waals surface area contributed by atoms with E-state index in [1.54, 1.807) is 0 Å². The highest BCUT2D eigenvalue weighted by molar-refractivity contribution is 5.73. The molecule has 2 atom stereocenters. The third kappa shape index (κ3) is 3.50. The zero-order valence-electron chi connectivity index (χ0n) is 9.12. The summed E-state index contributed by atoms with van der Waals surface area (Å²) in [6.07, 6.45) is 5.36. The molecule has 0 aromatic rings. The smallest absolute Gasteiger partial charge is 0.309 e. The maximum absolute atomic E-state index is 11.6. The molecule has 0 saturated heterocycles. The van der Waals surface area contributed by atoms with E-state index in [2.05, 4.69) is 0 Å². The Kier molecular flexibility index (Phi) is 3.32. The summed E-state index contributed by atoms with van der Waals surface area (Å²) >= 11 is 0. The third-order valence-corrected chi connectivity index (χ3v) is 2.10. The zero-order chi connectivity index (χ0) is 10.8. The van der Waals surface area contributed by atoms with Crippen molar-refractivity contribution in [3.63, 3.8) is 0 Å². The molecule has 3 heteroatoms. The summed E-state index contributed by atoms with van der Waals surface area (Å²) < 4.78 is 5.30. The average Bonchev–Trinajstić information content (AvgIpc) is 2.01. The first-order chi connectivity index (χ1) is 6.38. The molecule has 0 aliphatic heterocycles. The second kappa shape index (κ2) is 4.13. The topological polar surface area (TPSA) is 52.3 Å². The number of hydrogen-bond acceptors (Lipinski definition) is 3. The summed E-state index contributed by atoms with van der Waals surface area (Å²) in [6, 6.07) is 0.00117. The molecule has 0 aromatic carbocycles. The predicted octanol–water partition coefficient (Wildman–Crippen LogP) is 1.62. The second-order valence-corrected chi connectivity index (χ2v) is 4.79. The Balaban J connectivity index is 2.50. The fourth-order valence-electron chi connectivity index (χ4n) is 1.50. The van der Waals surface area contributed by atoms with Crippen LogP contribution < -0.4 is 5.73 Å². The van der Waals surface area contributed by atoms with Crippen molar-refractivity contribution in [2.24, 2.45) is 11.7 Å². The van der Waals surface area contributed by atoms with E-state index in [1.807, 2.05) is 32.9 Å². The molecular weight excluding hydrogens is 178 g/mol. The summed E-state index contributed by atoms with van der Waals surface area (Å²) in [5, 5.41) is 0. The van der Waals surface area contributed by atoms with Crippen LogP contribution in [0.15, 0.2) is 12.2 Å². The van der Waals surface area contributed by atoms with Gasteiger partial charge in [0.25, 0.3) is 0 Å². The van der Waals surface area contributed by atoms with Gasteiger partial charge in [-0.3, -0.25) is 4.79 Å². The number of hydrogen-bond donors (Lipinski definition) is 1. The molecule has 0 spiro atoms. The van der Waals surface area contributed by atoms with Crippen LogP contribution in [0.1, 0.15) is 33.6 Å². The van der Waals surface area contributed by atoms with Crippen LogP contribution in [-0.4, -0.2) is 17.6 Å². The fourth-order valence-corrected chi connectivity index (χ4v) is 1.50. The normalized spacial score (nSPS) is 27.4. The Labute approximate surface area is 85.3 Å². The summed E-state index contributed by atoms with van der Waals surface area (Å²) in [5.74, 6) is -0.188. The molecule has 0 fully saturated rings. The minimum Gasteiger partial charge on any atom is -0.460 e. The summed E-state index contributed by atoms with van der Waals surface area (Å²) in [7, 11) is 0. The highest BCUT2D eigenvalue weighted by Crippen LogP contribution is 2.21. The lowest BCUT2D eigenvalue weighted by Gasteiger charge is -2.26. The summed E-state index contributed by atoms with van der Waals surface area (Å²) in [6.45, 7) is 5.64. The average molecular weight is 197 g/mol. The molecule has 3 nitrogen and oxygen atoms in total. The standard InChI is InChI=1S/C11H19NO2/c1-11(2,3)14-10(13)8-5-4-6-9(12)7-8/h4,6,8-9H,5,7,12H2,1-3H3/t8-,9-/m1/s1. The lowest BCUT2D eigenvalue weighted by atomic mass is 9.91. The number of nitrogens with two attached hydrogens (primary N) is 1. The van der Waals surface area contributed by atoms with Gasteiger partial charge in [0.2, 0.25) is 0 Å². The van der Waals surface area contributed by atoms with Crippen molar-refractivity contribution < 1.29 is 9.53 Å². The molecular formula is C11H19NO2. The van der Waals surface area contributed by atoms with E-state index in [-0.39, 0.29) is 17.9 Å². The minimum atomic E-state index is -0.400. The van der Waals surface area contributed by atoms with Crippen LogP contribution in [0, 0.1) is 5.92 Å². The third-order valence-electron chi connectivity index (χ3n) is 2.10. The lowest BCUT2D eigenvalue weighted by Crippen LogP contribution is -2.33. The van der Waals surface area contributed by atoms with Gasteiger partial charge < -0.3 is 10.5 Å². The molecule has 0 bridgehead atoms. The van der Waals surface area contributed by atoms with E-state index in [0.717, 1.165) is 6.42 Å². The van der Waals surface area contributed by atoms with Crippen molar-refractivity contribution in [1.82, 2.24) is 0 Å². The Bertz CT molecular complexity index is 240. The van der Waals surface area contributed by atoms with E-state index in [9.17, 15) is 4.79 Å². The predicted molar refractivity (Wildman–Crippen MR) is 55.7 cm³/mol. The maximum Gasteiger partial charge on any atom is 0.309 e. The van der Waals surface area contributed by atoms with Crippen LogP contribution in [-0.2, 0) is 9.53 Å². The Hall–Kier alpha value is -0.830. The second-order valence-electron chi connectivity index (χ2n) is 4.79. The Morgan fingerprint density at radius 3 is 2.64 bits per heavy atom. The van der Waals surface area contributed by atoms with E-state index in [0.29, 0.717) is 6.42 Å². The van der Waals surface area contributed by atoms with Crippen molar-refractivity contribution in [3.05, 3.63) is 12.2 Å². The molecule has 1 aliphatic rings. The minimum absolute atomic E-state index is 0.00117. The van der Waals surface area contributed by atoms with Gasteiger partial charge in [0.05, 0.1) is 5.92 Å². The van der Waals surface area contributed by atoms with Crippen LogP contribution in [0.3, 0.4) is 0 Å². The molecule has 1 aliphatic carbocycles. The highest BCUT2D eigenvalue weighted by Gasteiger charge is 2.27. The highest BCUT2D eigenvalue weighted by atomic mass is 16.6. The number of carbonyl (C=O) groups excluding carboxylic acids is 1. The number of ether oxygens (including phenoxy) is 1. The molecule has 2 N–H and O–H groups in total. The molecule has 0 amide bonds. The summed E-state index contributed by atoms with van der Waals surface area (Å²) in [5.41, 5.74) is 5.33. The van der Waals surface area contributed by atoms with Crippen molar-refractivity contribution >= 4 is 5.97 Å². The number of allylic oxidation sites excluding steroid dienone is 1. The molecule has 0 heterocycles. The van der Waals surface area contributed by atoms with Gasteiger partial charge in [-0.2, -0.15) is 0 Å². The van der Waals surface area contributed by atoms with Crippen LogP contribution in [0.2, 0.25) is 0 Å². The molecule has 0 saturated carbocycles. The SMILES string of the molecule is CC(C)(C)OC(=O)[C@@H]1CC=C[C@@H](N)C1. The van der Waals surface area contributed by atoms with Gasteiger partial charge in [0, 0.05) is 6.04 Å². The van der Waals surface area contributed by atoms with E-state index in [4.69, 9.17) is 10.5 Å². The van der Waals surface area contributed by atoms with Crippen molar-refractivity contribution in [2.75, 3.05) is 0 Å².